The molecule has 1 aliphatic carbocycles. The summed E-state index contributed by atoms with van der Waals surface area (Å²) in [5.74, 6) is -0.689. The highest BCUT2D eigenvalue weighted by Crippen LogP contribution is 2.37. The summed E-state index contributed by atoms with van der Waals surface area (Å²) in [5, 5.41) is 3.29. The van der Waals surface area contributed by atoms with Crippen LogP contribution in [0.15, 0.2) is 21.2 Å². The van der Waals surface area contributed by atoms with Crippen molar-refractivity contribution in [1.82, 2.24) is 0 Å². The molecule has 0 radical (unpaired) electrons. The van der Waals surface area contributed by atoms with Gasteiger partial charge in [0.25, 0.3) is 11.8 Å². The number of furan rings is 1. The molecule has 0 fully saturated rings. The Hall–Kier alpha value is -1.60. The largest absolute Gasteiger partial charge is 0.444 e. The number of aryl methyl sites for hydroxylation is 1. The minimum atomic E-state index is -0.490. The summed E-state index contributed by atoms with van der Waals surface area (Å²) in [7, 11) is 0. The van der Waals surface area contributed by atoms with Crippen LogP contribution in [0.3, 0.4) is 0 Å². The first-order valence-corrected chi connectivity index (χ1v) is 8.68. The van der Waals surface area contributed by atoms with Gasteiger partial charge in [0.1, 0.15) is 5.00 Å². The average molecular weight is 383 g/mol. The molecule has 0 saturated heterocycles. The summed E-state index contributed by atoms with van der Waals surface area (Å²) in [4.78, 5) is 25.2. The van der Waals surface area contributed by atoms with E-state index >= 15 is 0 Å². The summed E-state index contributed by atoms with van der Waals surface area (Å²) in [5.41, 5.74) is 7.00. The van der Waals surface area contributed by atoms with Crippen LogP contribution in [0.25, 0.3) is 0 Å². The number of nitrogens with one attached hydrogen (secondary N) is 1. The molecule has 116 valence electrons. The van der Waals surface area contributed by atoms with Crippen LogP contribution in [-0.2, 0) is 12.8 Å². The molecular formula is C15H15BrN2O3S. The standard InChI is InChI=1S/C15H15BrN2O3S/c16-11-7-6-9(21-11)14(20)18-15-12(13(17)19)8-4-2-1-3-5-10(8)22-15/h6-7H,1-5H2,(H2,17,19)(H,18,20). The molecule has 0 aliphatic heterocycles. The Balaban J connectivity index is 1.93. The van der Waals surface area contributed by atoms with Crippen LogP contribution in [0.5, 0.6) is 0 Å². The second kappa shape index (κ2) is 6.26. The first-order valence-electron chi connectivity index (χ1n) is 7.07. The Labute approximate surface area is 140 Å². The maximum Gasteiger partial charge on any atom is 0.292 e. The lowest BCUT2D eigenvalue weighted by Gasteiger charge is -2.04. The molecule has 1 aliphatic rings. The molecule has 0 spiro atoms. The number of thiophene rings is 1. The Morgan fingerprint density at radius 1 is 1.23 bits per heavy atom. The Kier molecular flexibility index (Phi) is 4.35. The molecule has 7 heteroatoms. The van der Waals surface area contributed by atoms with E-state index in [9.17, 15) is 9.59 Å². The summed E-state index contributed by atoms with van der Waals surface area (Å²) in [6.07, 6.45) is 5.07. The van der Waals surface area contributed by atoms with Crippen molar-refractivity contribution in [2.45, 2.75) is 32.1 Å². The zero-order valence-electron chi connectivity index (χ0n) is 11.8. The van der Waals surface area contributed by atoms with Gasteiger partial charge in [0, 0.05) is 4.88 Å². The second-order valence-electron chi connectivity index (χ2n) is 5.19. The molecule has 2 heterocycles. The Bertz CT molecular complexity index is 735. The molecule has 0 atom stereocenters. The number of amides is 2. The highest BCUT2D eigenvalue weighted by Gasteiger charge is 2.25. The van der Waals surface area contributed by atoms with Gasteiger partial charge in [-0.15, -0.1) is 11.3 Å². The molecule has 3 rings (SSSR count). The fourth-order valence-electron chi connectivity index (χ4n) is 2.69. The van der Waals surface area contributed by atoms with Gasteiger partial charge in [0.2, 0.25) is 0 Å². The molecule has 0 unspecified atom stereocenters. The SMILES string of the molecule is NC(=O)c1c(NC(=O)c2ccc(Br)o2)sc2c1CCCCC2. The van der Waals surface area contributed by atoms with Gasteiger partial charge in [0.05, 0.1) is 5.56 Å². The van der Waals surface area contributed by atoms with Crippen molar-refractivity contribution in [2.24, 2.45) is 5.73 Å². The minimum Gasteiger partial charge on any atom is -0.444 e. The lowest BCUT2D eigenvalue weighted by molar-refractivity contribution is 0.0996. The zero-order chi connectivity index (χ0) is 15.7. The summed E-state index contributed by atoms with van der Waals surface area (Å²) < 4.78 is 5.71. The van der Waals surface area contributed by atoms with Gasteiger partial charge in [-0.05, 0) is 59.3 Å². The Morgan fingerprint density at radius 2 is 2.00 bits per heavy atom. The second-order valence-corrected chi connectivity index (χ2v) is 7.08. The van der Waals surface area contributed by atoms with Crippen molar-refractivity contribution in [3.05, 3.63) is 38.6 Å². The van der Waals surface area contributed by atoms with Gasteiger partial charge in [-0.25, -0.2) is 0 Å². The first-order chi connectivity index (χ1) is 10.6. The van der Waals surface area contributed by atoms with Crippen molar-refractivity contribution >= 4 is 44.1 Å². The smallest absolute Gasteiger partial charge is 0.292 e. The fourth-order valence-corrected chi connectivity index (χ4v) is 4.29. The molecule has 3 N–H and O–H groups in total. The van der Waals surface area contributed by atoms with Gasteiger partial charge < -0.3 is 15.5 Å². The van der Waals surface area contributed by atoms with Crippen LogP contribution in [-0.4, -0.2) is 11.8 Å². The van der Waals surface area contributed by atoms with E-state index in [-0.39, 0.29) is 11.7 Å². The average Bonchev–Trinajstić information content (AvgIpc) is 2.96. The van der Waals surface area contributed by atoms with Gasteiger partial charge in [0.15, 0.2) is 10.4 Å². The molecule has 2 aromatic heterocycles. The van der Waals surface area contributed by atoms with E-state index in [1.54, 1.807) is 12.1 Å². The van der Waals surface area contributed by atoms with E-state index in [0.717, 1.165) is 42.5 Å². The van der Waals surface area contributed by atoms with Gasteiger partial charge in [-0.2, -0.15) is 0 Å². The van der Waals surface area contributed by atoms with Crippen LogP contribution in [0.4, 0.5) is 5.00 Å². The monoisotopic (exact) mass is 382 g/mol. The number of hydrogen-bond donors (Lipinski definition) is 2. The number of carbonyl (C=O) groups excluding carboxylic acids is 2. The highest BCUT2D eigenvalue weighted by molar-refractivity contribution is 9.10. The molecule has 5 nitrogen and oxygen atoms in total. The molecule has 2 amide bonds. The van der Waals surface area contributed by atoms with E-state index in [4.69, 9.17) is 10.2 Å². The number of fused-ring (bicyclic) bond motifs is 1. The number of primary amides is 1. The predicted octanol–water partition coefficient (Wildman–Crippen LogP) is 3.72. The fraction of sp³-hybridized carbons (Fsp3) is 0.333. The van der Waals surface area contributed by atoms with E-state index in [1.165, 1.54) is 11.3 Å². The molecule has 22 heavy (non-hydrogen) atoms. The lowest BCUT2D eigenvalue weighted by Crippen LogP contribution is -2.17. The van der Waals surface area contributed by atoms with Crippen LogP contribution < -0.4 is 11.1 Å². The minimum absolute atomic E-state index is 0.186. The van der Waals surface area contributed by atoms with E-state index in [0.29, 0.717) is 15.2 Å². The van der Waals surface area contributed by atoms with Crippen molar-refractivity contribution in [3.8, 4) is 0 Å². The third kappa shape index (κ3) is 2.96. The quantitative estimate of drug-likeness (QED) is 0.793. The lowest BCUT2D eigenvalue weighted by atomic mass is 10.1. The van der Waals surface area contributed by atoms with Gasteiger partial charge in [-0.1, -0.05) is 6.42 Å². The van der Waals surface area contributed by atoms with Crippen molar-refractivity contribution < 1.29 is 14.0 Å². The van der Waals surface area contributed by atoms with Crippen molar-refractivity contribution in [1.29, 1.82) is 0 Å². The summed E-state index contributed by atoms with van der Waals surface area (Å²) in [6.45, 7) is 0. The number of carbonyl (C=O) groups is 2. The molecule has 0 saturated carbocycles. The van der Waals surface area contributed by atoms with Crippen molar-refractivity contribution in [3.63, 3.8) is 0 Å². The first kappa shape index (κ1) is 15.3. The third-order valence-corrected chi connectivity index (χ3v) is 5.33. The summed E-state index contributed by atoms with van der Waals surface area (Å²) >= 11 is 4.61. The zero-order valence-corrected chi connectivity index (χ0v) is 14.2. The van der Waals surface area contributed by atoms with E-state index < -0.39 is 5.91 Å². The Morgan fingerprint density at radius 3 is 2.68 bits per heavy atom. The van der Waals surface area contributed by atoms with Crippen LogP contribution in [0.1, 0.15) is 50.6 Å². The third-order valence-electron chi connectivity index (χ3n) is 3.69. The molecular weight excluding hydrogens is 368 g/mol. The van der Waals surface area contributed by atoms with Crippen LogP contribution in [0, 0.1) is 0 Å². The molecule has 0 aromatic carbocycles. The predicted molar refractivity (Wildman–Crippen MR) is 88.5 cm³/mol. The number of halogens is 1. The normalized spacial score (nSPS) is 14.2. The van der Waals surface area contributed by atoms with Crippen LogP contribution >= 0.6 is 27.3 Å². The van der Waals surface area contributed by atoms with Gasteiger partial charge in [-0.3, -0.25) is 9.59 Å². The van der Waals surface area contributed by atoms with E-state index in [1.807, 2.05) is 0 Å². The number of hydrogen-bond acceptors (Lipinski definition) is 4. The maximum absolute atomic E-state index is 12.2. The van der Waals surface area contributed by atoms with Gasteiger partial charge >= 0.3 is 0 Å². The van der Waals surface area contributed by atoms with E-state index in [2.05, 4.69) is 21.2 Å². The molecule has 0 bridgehead atoms. The maximum atomic E-state index is 12.2. The summed E-state index contributed by atoms with van der Waals surface area (Å²) in [6, 6.07) is 3.22. The number of rotatable bonds is 3. The molecule has 2 aromatic rings. The number of anilines is 1. The number of nitrogens with two attached hydrogens (primary N) is 1. The highest BCUT2D eigenvalue weighted by atomic mass is 79.9. The topological polar surface area (TPSA) is 85.3 Å². The van der Waals surface area contributed by atoms with Crippen molar-refractivity contribution in [2.75, 3.05) is 5.32 Å². The van der Waals surface area contributed by atoms with Crippen LogP contribution in [0.2, 0.25) is 0 Å².